The molecule has 2 heterocycles. The zero-order chi connectivity index (χ0) is 24.7. The maximum atomic E-state index is 14.8. The van der Waals surface area contributed by atoms with Crippen LogP contribution in [0.5, 0.6) is 0 Å². The van der Waals surface area contributed by atoms with Crippen molar-refractivity contribution >= 4 is 43.8 Å². The fourth-order valence-corrected chi connectivity index (χ4v) is 4.74. The number of aliphatic hydroxyl groups is 1. The maximum Gasteiger partial charge on any atom is 0.251 e. The highest BCUT2D eigenvalue weighted by atomic mass is 32.2. The number of sulfonamides is 1. The average molecular weight is 497 g/mol. The Morgan fingerprint density at radius 2 is 1.79 bits per heavy atom. The monoisotopic (exact) mass is 496 g/mol. The van der Waals surface area contributed by atoms with Crippen LogP contribution >= 0.6 is 11.3 Å². The molecule has 33 heavy (non-hydrogen) atoms. The molecule has 1 aromatic carbocycles. The highest BCUT2D eigenvalue weighted by Crippen LogP contribution is 2.40. The van der Waals surface area contributed by atoms with Crippen molar-refractivity contribution in [2.24, 2.45) is 5.73 Å². The maximum absolute atomic E-state index is 14.8. The van der Waals surface area contributed by atoms with Gasteiger partial charge in [0.15, 0.2) is 0 Å². The molecular formula is C21H22F2N4O4S2. The molecule has 0 spiro atoms. The van der Waals surface area contributed by atoms with Gasteiger partial charge in [-0.05, 0) is 56.7 Å². The summed E-state index contributed by atoms with van der Waals surface area (Å²) >= 11 is 0.892. The number of hydrogen-bond acceptors (Lipinski definition) is 7. The second-order valence-electron chi connectivity index (χ2n) is 7.92. The van der Waals surface area contributed by atoms with E-state index in [2.05, 4.69) is 15.0 Å². The average Bonchev–Trinajstić information content (AvgIpc) is 3.05. The van der Waals surface area contributed by atoms with Crippen LogP contribution in [0.15, 0.2) is 30.3 Å². The molecule has 0 aliphatic heterocycles. The quantitative estimate of drug-likeness (QED) is 0.393. The summed E-state index contributed by atoms with van der Waals surface area (Å²) in [6, 6.07) is 6.30. The van der Waals surface area contributed by atoms with Gasteiger partial charge in [0.05, 0.1) is 34.4 Å². The summed E-state index contributed by atoms with van der Waals surface area (Å²) in [5.41, 5.74) is 4.35. The minimum atomic E-state index is -3.49. The standard InChI is InChI=1S/C21H22F2N4O4S2/c1-10-15(27-33(4,30)31)5-6-17(25-10)26-20-12(19(24)28)9-16(32-20)18-13(22)7-11(8-14(18)23)21(2,3)29/h5-9,27,29H,1-4H3,(H2,24,28)(H,25,26). The largest absolute Gasteiger partial charge is 0.386 e. The van der Waals surface area contributed by atoms with Crippen molar-refractivity contribution in [3.8, 4) is 10.4 Å². The van der Waals surface area contributed by atoms with Crippen molar-refractivity contribution < 1.29 is 27.1 Å². The van der Waals surface area contributed by atoms with Gasteiger partial charge in [0.2, 0.25) is 10.0 Å². The first kappa shape index (κ1) is 24.6. The second-order valence-corrected chi connectivity index (χ2v) is 10.7. The Morgan fingerprint density at radius 3 is 2.27 bits per heavy atom. The lowest BCUT2D eigenvalue weighted by Crippen LogP contribution is -2.16. The van der Waals surface area contributed by atoms with E-state index in [0.29, 0.717) is 5.69 Å². The number of nitrogens with one attached hydrogen (secondary N) is 2. The van der Waals surface area contributed by atoms with Gasteiger partial charge in [-0.3, -0.25) is 9.52 Å². The highest BCUT2D eigenvalue weighted by molar-refractivity contribution is 7.92. The minimum absolute atomic E-state index is 0.00171. The number of nitrogens with zero attached hydrogens (tertiary/aromatic N) is 1. The molecule has 0 aliphatic carbocycles. The van der Waals surface area contributed by atoms with Crippen LogP contribution < -0.4 is 15.8 Å². The van der Waals surface area contributed by atoms with E-state index >= 15 is 0 Å². The number of aryl methyl sites for hydroxylation is 1. The van der Waals surface area contributed by atoms with E-state index in [1.165, 1.54) is 32.0 Å². The molecule has 1 amide bonds. The first-order chi connectivity index (χ1) is 15.2. The van der Waals surface area contributed by atoms with E-state index in [4.69, 9.17) is 5.73 Å². The lowest BCUT2D eigenvalue weighted by Gasteiger charge is -2.18. The molecular weight excluding hydrogens is 474 g/mol. The van der Waals surface area contributed by atoms with Crippen LogP contribution in [0.3, 0.4) is 0 Å². The lowest BCUT2D eigenvalue weighted by atomic mass is 9.96. The van der Waals surface area contributed by atoms with Crippen LogP contribution in [-0.2, 0) is 15.6 Å². The molecule has 0 aliphatic rings. The number of nitrogens with two attached hydrogens (primary N) is 1. The summed E-state index contributed by atoms with van der Waals surface area (Å²) in [6.07, 6.45) is 1.01. The zero-order valence-corrected chi connectivity index (χ0v) is 19.8. The summed E-state index contributed by atoms with van der Waals surface area (Å²) in [6.45, 7) is 4.40. The van der Waals surface area contributed by atoms with E-state index in [9.17, 15) is 27.1 Å². The van der Waals surface area contributed by atoms with Crippen molar-refractivity contribution in [1.29, 1.82) is 0 Å². The SMILES string of the molecule is Cc1nc(Nc2sc(-c3c(F)cc(C(C)(C)O)cc3F)cc2C(N)=O)ccc1NS(C)(=O)=O. The summed E-state index contributed by atoms with van der Waals surface area (Å²) in [5, 5.41) is 13.1. The Balaban J connectivity index is 2.01. The number of benzene rings is 1. The fourth-order valence-electron chi connectivity index (χ4n) is 3.01. The van der Waals surface area contributed by atoms with Gasteiger partial charge in [0.25, 0.3) is 5.91 Å². The number of carbonyl (C=O) groups excluding carboxylic acids is 1. The molecule has 0 radical (unpaired) electrons. The van der Waals surface area contributed by atoms with E-state index in [-0.39, 0.29) is 38.1 Å². The molecule has 12 heteroatoms. The number of primary amides is 1. The molecule has 0 saturated carbocycles. The molecule has 2 aromatic heterocycles. The number of carbonyl (C=O) groups is 1. The number of aromatic nitrogens is 1. The Bertz CT molecular complexity index is 1330. The molecule has 0 fully saturated rings. The van der Waals surface area contributed by atoms with Crippen LogP contribution in [-0.4, -0.2) is 30.7 Å². The van der Waals surface area contributed by atoms with Gasteiger partial charge < -0.3 is 16.2 Å². The zero-order valence-electron chi connectivity index (χ0n) is 18.2. The third kappa shape index (κ3) is 5.64. The number of rotatable bonds is 7. The topological polar surface area (TPSA) is 134 Å². The number of halogens is 2. The van der Waals surface area contributed by atoms with E-state index < -0.39 is 33.2 Å². The van der Waals surface area contributed by atoms with Gasteiger partial charge >= 0.3 is 0 Å². The molecule has 3 aromatic rings. The van der Waals surface area contributed by atoms with Gasteiger partial charge in [-0.2, -0.15) is 0 Å². The van der Waals surface area contributed by atoms with Crippen LogP contribution in [0.25, 0.3) is 10.4 Å². The van der Waals surface area contributed by atoms with Crippen molar-refractivity contribution in [2.45, 2.75) is 26.4 Å². The predicted molar refractivity (Wildman–Crippen MR) is 124 cm³/mol. The van der Waals surface area contributed by atoms with E-state index in [1.54, 1.807) is 6.92 Å². The smallest absolute Gasteiger partial charge is 0.251 e. The number of hydrogen-bond donors (Lipinski definition) is 4. The Morgan fingerprint density at radius 1 is 1.18 bits per heavy atom. The van der Waals surface area contributed by atoms with Crippen molar-refractivity contribution in [1.82, 2.24) is 4.98 Å². The van der Waals surface area contributed by atoms with Gasteiger partial charge in [-0.15, -0.1) is 11.3 Å². The summed E-state index contributed by atoms with van der Waals surface area (Å²) in [5.74, 6) is -2.36. The van der Waals surface area contributed by atoms with Crippen molar-refractivity contribution in [3.63, 3.8) is 0 Å². The molecule has 0 unspecified atom stereocenters. The molecule has 3 rings (SSSR count). The van der Waals surface area contributed by atoms with Gasteiger partial charge in [0.1, 0.15) is 22.5 Å². The summed E-state index contributed by atoms with van der Waals surface area (Å²) < 4.78 is 54.8. The number of thiophene rings is 1. The second kappa shape index (κ2) is 8.69. The van der Waals surface area contributed by atoms with Gasteiger partial charge in [-0.25, -0.2) is 22.2 Å². The summed E-state index contributed by atoms with van der Waals surface area (Å²) in [4.78, 5) is 16.3. The van der Waals surface area contributed by atoms with Crippen LogP contribution in [0, 0.1) is 18.6 Å². The predicted octanol–water partition coefficient (Wildman–Crippen LogP) is 3.84. The van der Waals surface area contributed by atoms with E-state index in [0.717, 1.165) is 29.7 Å². The molecule has 5 N–H and O–H groups in total. The Labute approximate surface area is 193 Å². The normalized spacial score (nSPS) is 12.0. The first-order valence-corrected chi connectivity index (χ1v) is 12.2. The van der Waals surface area contributed by atoms with Crippen LogP contribution in [0.1, 0.15) is 35.5 Å². The molecule has 0 bridgehead atoms. The van der Waals surface area contributed by atoms with Crippen molar-refractivity contribution in [3.05, 3.63) is 58.8 Å². The molecule has 8 nitrogen and oxygen atoms in total. The molecule has 176 valence electrons. The number of anilines is 3. The van der Waals surface area contributed by atoms with Gasteiger partial charge in [-0.1, -0.05) is 0 Å². The van der Waals surface area contributed by atoms with Gasteiger partial charge in [0, 0.05) is 4.88 Å². The van der Waals surface area contributed by atoms with Crippen molar-refractivity contribution in [2.75, 3.05) is 16.3 Å². The third-order valence-electron chi connectivity index (χ3n) is 4.62. The number of amides is 1. The van der Waals surface area contributed by atoms with Crippen LogP contribution in [0.4, 0.5) is 25.3 Å². The minimum Gasteiger partial charge on any atom is -0.386 e. The molecule has 0 saturated heterocycles. The highest BCUT2D eigenvalue weighted by Gasteiger charge is 2.24. The lowest BCUT2D eigenvalue weighted by molar-refractivity contribution is 0.0778. The Kier molecular flexibility index (Phi) is 6.46. The fraction of sp³-hybridized carbons (Fsp3) is 0.238. The third-order valence-corrected chi connectivity index (χ3v) is 6.27. The molecule has 0 atom stereocenters. The number of pyridine rings is 1. The summed E-state index contributed by atoms with van der Waals surface area (Å²) in [7, 11) is -3.49. The van der Waals surface area contributed by atoms with Crippen LogP contribution in [0.2, 0.25) is 0 Å². The first-order valence-electron chi connectivity index (χ1n) is 9.54. The Hall–Kier alpha value is -3.09. The van der Waals surface area contributed by atoms with E-state index in [1.807, 2.05) is 0 Å².